The van der Waals surface area contributed by atoms with Gasteiger partial charge in [0.15, 0.2) is 0 Å². The van der Waals surface area contributed by atoms with Crippen LogP contribution in [0.15, 0.2) is 18.2 Å². The lowest BCUT2D eigenvalue weighted by Crippen LogP contribution is -2.45. The Balaban J connectivity index is 2.25. The molecule has 1 heterocycles. The molecular weight excluding hydrogens is 260 g/mol. The second-order valence-electron chi connectivity index (χ2n) is 4.59. The molecule has 0 amide bonds. The minimum Gasteiger partial charge on any atom is -0.314 e. The van der Waals surface area contributed by atoms with Crippen LogP contribution >= 0.6 is 0 Å². The number of hydrogen-bond donors (Lipinski definition) is 1. The van der Waals surface area contributed by atoms with Crippen molar-refractivity contribution in [2.45, 2.75) is 18.9 Å². The van der Waals surface area contributed by atoms with Crippen LogP contribution < -0.4 is 5.32 Å². The van der Waals surface area contributed by atoms with E-state index in [1.165, 1.54) is 6.07 Å². The van der Waals surface area contributed by atoms with Crippen molar-refractivity contribution in [1.29, 1.82) is 0 Å². The van der Waals surface area contributed by atoms with Crippen LogP contribution in [0.5, 0.6) is 0 Å². The van der Waals surface area contributed by atoms with Crippen LogP contribution in [0.2, 0.25) is 0 Å². The van der Waals surface area contributed by atoms with Gasteiger partial charge in [0.25, 0.3) is 0 Å². The second kappa shape index (κ2) is 6.34. The van der Waals surface area contributed by atoms with Crippen molar-refractivity contribution in [3.63, 3.8) is 0 Å². The molecular formula is C13H16F4N2. The molecule has 0 saturated carbocycles. The summed E-state index contributed by atoms with van der Waals surface area (Å²) in [7, 11) is 0. The van der Waals surface area contributed by atoms with Crippen LogP contribution in [0.1, 0.15) is 18.0 Å². The van der Waals surface area contributed by atoms with Crippen molar-refractivity contribution in [3.05, 3.63) is 35.4 Å². The first-order chi connectivity index (χ1) is 9.08. The van der Waals surface area contributed by atoms with Crippen LogP contribution in [0.4, 0.5) is 17.6 Å². The van der Waals surface area contributed by atoms with E-state index in [0.29, 0.717) is 26.2 Å². The monoisotopic (exact) mass is 276 g/mol. The predicted molar refractivity (Wildman–Crippen MR) is 64.2 cm³/mol. The number of alkyl halides is 2. The molecule has 1 saturated heterocycles. The highest BCUT2D eigenvalue weighted by Crippen LogP contribution is 2.29. The van der Waals surface area contributed by atoms with Gasteiger partial charge in [0.1, 0.15) is 11.6 Å². The zero-order valence-corrected chi connectivity index (χ0v) is 10.4. The Hall–Kier alpha value is -1.14. The van der Waals surface area contributed by atoms with E-state index in [2.05, 4.69) is 5.32 Å². The summed E-state index contributed by atoms with van der Waals surface area (Å²) in [4.78, 5) is 1.82. The van der Waals surface area contributed by atoms with Gasteiger partial charge in [-0.15, -0.1) is 0 Å². The molecule has 1 aromatic rings. The van der Waals surface area contributed by atoms with Crippen molar-refractivity contribution < 1.29 is 17.6 Å². The van der Waals surface area contributed by atoms with E-state index in [0.717, 1.165) is 12.1 Å². The molecule has 2 rings (SSSR count). The molecule has 1 aliphatic heterocycles. The van der Waals surface area contributed by atoms with Gasteiger partial charge in [-0.25, -0.2) is 17.6 Å². The van der Waals surface area contributed by atoms with Crippen molar-refractivity contribution in [2.24, 2.45) is 0 Å². The Labute approximate surface area is 109 Å². The first kappa shape index (κ1) is 14.3. The van der Waals surface area contributed by atoms with Gasteiger partial charge in [0.2, 0.25) is 6.43 Å². The van der Waals surface area contributed by atoms with Crippen molar-refractivity contribution in [2.75, 3.05) is 26.2 Å². The van der Waals surface area contributed by atoms with Crippen LogP contribution in [0.25, 0.3) is 0 Å². The molecule has 0 radical (unpaired) electrons. The third-order valence-corrected chi connectivity index (χ3v) is 3.32. The molecule has 106 valence electrons. The van der Waals surface area contributed by atoms with Gasteiger partial charge in [-0.3, -0.25) is 4.90 Å². The maximum Gasteiger partial charge on any atom is 0.240 e. The normalized spacial score (nSPS) is 18.8. The SMILES string of the molecule is Fc1ccc([C@@H](CC(F)F)N2CCNCC2)c(F)c1. The molecule has 0 spiro atoms. The zero-order chi connectivity index (χ0) is 13.8. The summed E-state index contributed by atoms with van der Waals surface area (Å²) in [5, 5.41) is 3.12. The van der Waals surface area contributed by atoms with Crippen LogP contribution in [0.3, 0.4) is 0 Å². The molecule has 1 aromatic carbocycles. The lowest BCUT2D eigenvalue weighted by molar-refractivity contribution is 0.0725. The predicted octanol–water partition coefficient (Wildman–Crippen LogP) is 2.57. The van der Waals surface area contributed by atoms with Crippen LogP contribution in [0, 0.1) is 11.6 Å². The average Bonchev–Trinajstić information content (AvgIpc) is 2.37. The summed E-state index contributed by atoms with van der Waals surface area (Å²) in [6.07, 6.45) is -2.97. The van der Waals surface area contributed by atoms with Gasteiger partial charge < -0.3 is 5.32 Å². The molecule has 1 aliphatic rings. The topological polar surface area (TPSA) is 15.3 Å². The molecule has 0 aliphatic carbocycles. The smallest absolute Gasteiger partial charge is 0.240 e. The van der Waals surface area contributed by atoms with E-state index in [1.54, 1.807) is 0 Å². The number of nitrogens with one attached hydrogen (secondary N) is 1. The summed E-state index contributed by atoms with van der Waals surface area (Å²) in [5.41, 5.74) is 0.142. The Bertz CT molecular complexity index is 419. The van der Waals surface area contributed by atoms with E-state index < -0.39 is 30.5 Å². The number of benzene rings is 1. The fraction of sp³-hybridized carbons (Fsp3) is 0.538. The quantitative estimate of drug-likeness (QED) is 0.850. The maximum atomic E-state index is 13.8. The molecule has 6 heteroatoms. The lowest BCUT2D eigenvalue weighted by atomic mass is 10.0. The fourth-order valence-corrected chi connectivity index (χ4v) is 2.41. The Morgan fingerprint density at radius 2 is 1.84 bits per heavy atom. The average molecular weight is 276 g/mol. The van der Waals surface area contributed by atoms with Crippen molar-refractivity contribution in [3.8, 4) is 0 Å². The standard InChI is InChI=1S/C13H16F4N2/c14-9-1-2-10(11(15)7-9)12(8-13(16)17)19-5-3-18-4-6-19/h1-2,7,12-13,18H,3-6,8H2/t12-/m1/s1. The summed E-state index contributed by atoms with van der Waals surface area (Å²) in [6.45, 7) is 2.52. The summed E-state index contributed by atoms with van der Waals surface area (Å²) >= 11 is 0. The van der Waals surface area contributed by atoms with E-state index in [1.807, 2.05) is 4.90 Å². The van der Waals surface area contributed by atoms with E-state index >= 15 is 0 Å². The number of nitrogens with zero attached hydrogens (tertiary/aromatic N) is 1. The highest BCUT2D eigenvalue weighted by molar-refractivity contribution is 5.22. The van der Waals surface area contributed by atoms with Crippen LogP contribution in [-0.2, 0) is 0 Å². The van der Waals surface area contributed by atoms with Gasteiger partial charge in [-0.1, -0.05) is 6.07 Å². The van der Waals surface area contributed by atoms with Gasteiger partial charge in [-0.05, 0) is 6.07 Å². The molecule has 1 fully saturated rings. The first-order valence-corrected chi connectivity index (χ1v) is 6.26. The fourth-order valence-electron chi connectivity index (χ4n) is 2.41. The lowest BCUT2D eigenvalue weighted by Gasteiger charge is -2.35. The van der Waals surface area contributed by atoms with E-state index in [4.69, 9.17) is 0 Å². The van der Waals surface area contributed by atoms with E-state index in [-0.39, 0.29) is 5.56 Å². The van der Waals surface area contributed by atoms with Gasteiger partial charge in [0, 0.05) is 50.3 Å². The van der Waals surface area contributed by atoms with Gasteiger partial charge >= 0.3 is 0 Å². The zero-order valence-electron chi connectivity index (χ0n) is 10.4. The number of halogens is 4. The third-order valence-electron chi connectivity index (χ3n) is 3.32. The summed E-state index contributed by atoms with van der Waals surface area (Å²) in [6, 6.07) is 2.41. The van der Waals surface area contributed by atoms with Gasteiger partial charge in [-0.2, -0.15) is 0 Å². The Morgan fingerprint density at radius 3 is 2.42 bits per heavy atom. The largest absolute Gasteiger partial charge is 0.314 e. The Kier molecular flexibility index (Phi) is 4.76. The first-order valence-electron chi connectivity index (χ1n) is 6.26. The minimum absolute atomic E-state index is 0.142. The molecule has 19 heavy (non-hydrogen) atoms. The Morgan fingerprint density at radius 1 is 1.16 bits per heavy atom. The minimum atomic E-state index is -2.52. The van der Waals surface area contributed by atoms with Crippen molar-refractivity contribution >= 4 is 0 Å². The van der Waals surface area contributed by atoms with Crippen molar-refractivity contribution in [1.82, 2.24) is 10.2 Å². The van der Waals surface area contributed by atoms with Crippen LogP contribution in [-0.4, -0.2) is 37.5 Å². The second-order valence-corrected chi connectivity index (χ2v) is 4.59. The third kappa shape index (κ3) is 3.67. The number of hydrogen-bond acceptors (Lipinski definition) is 2. The highest BCUT2D eigenvalue weighted by Gasteiger charge is 2.27. The summed E-state index contributed by atoms with van der Waals surface area (Å²) in [5.74, 6) is -1.46. The molecule has 1 N–H and O–H groups in total. The maximum absolute atomic E-state index is 13.8. The molecule has 0 unspecified atom stereocenters. The molecule has 2 nitrogen and oxygen atoms in total. The summed E-state index contributed by atoms with van der Waals surface area (Å²) < 4.78 is 52.1. The number of rotatable bonds is 4. The molecule has 0 bridgehead atoms. The van der Waals surface area contributed by atoms with Gasteiger partial charge in [0.05, 0.1) is 0 Å². The van der Waals surface area contributed by atoms with E-state index in [9.17, 15) is 17.6 Å². The highest BCUT2D eigenvalue weighted by atomic mass is 19.3. The molecule has 0 aromatic heterocycles. The number of piperazine rings is 1. The molecule has 1 atom stereocenters.